The van der Waals surface area contributed by atoms with E-state index < -0.39 is 6.10 Å². The number of aliphatic hydroxyl groups is 2. The molecule has 2 unspecified atom stereocenters. The highest BCUT2D eigenvalue weighted by molar-refractivity contribution is 8.03. The Balaban J connectivity index is 2.05. The Hall–Kier alpha value is -2.09. The second-order valence-electron chi connectivity index (χ2n) is 8.56. The number of hydrogen-bond donors (Lipinski definition) is 2. The molecule has 1 aliphatic rings. The first-order chi connectivity index (χ1) is 16.5. The van der Waals surface area contributed by atoms with Crippen molar-refractivity contribution in [3.8, 4) is 0 Å². The van der Waals surface area contributed by atoms with E-state index in [0.29, 0.717) is 37.9 Å². The van der Waals surface area contributed by atoms with Gasteiger partial charge in [0.25, 0.3) is 0 Å². The maximum atomic E-state index is 12.1. The van der Waals surface area contributed by atoms with Crippen LogP contribution in [0.2, 0.25) is 0 Å². The van der Waals surface area contributed by atoms with Crippen LogP contribution in [0, 0.1) is 11.8 Å². The van der Waals surface area contributed by atoms with Gasteiger partial charge in [0, 0.05) is 42.6 Å². The van der Waals surface area contributed by atoms with Gasteiger partial charge in [-0.1, -0.05) is 55.8 Å². The molecule has 0 aliphatic heterocycles. The van der Waals surface area contributed by atoms with E-state index in [0.717, 1.165) is 35.5 Å². The molecule has 7 heteroatoms. The molecule has 0 saturated carbocycles. The molecule has 0 saturated heterocycles. The average Bonchev–Trinajstić information content (AvgIpc) is 3.12. The lowest BCUT2D eigenvalue weighted by Gasteiger charge is -2.16. The van der Waals surface area contributed by atoms with Crippen LogP contribution >= 0.6 is 11.8 Å². The van der Waals surface area contributed by atoms with Crippen LogP contribution in [0.15, 0.2) is 53.1 Å². The Labute approximate surface area is 207 Å². The van der Waals surface area contributed by atoms with Gasteiger partial charge < -0.3 is 19.7 Å². The van der Waals surface area contributed by atoms with E-state index in [4.69, 9.17) is 4.74 Å². The number of carbonyl (C=O) groups is 2. The van der Waals surface area contributed by atoms with Crippen LogP contribution in [-0.4, -0.2) is 47.7 Å². The van der Waals surface area contributed by atoms with Crippen LogP contribution in [0.4, 0.5) is 0 Å². The van der Waals surface area contributed by atoms with Gasteiger partial charge in [-0.3, -0.25) is 9.59 Å². The lowest BCUT2D eigenvalue weighted by atomic mass is 9.97. The predicted molar refractivity (Wildman–Crippen MR) is 135 cm³/mol. The van der Waals surface area contributed by atoms with Gasteiger partial charge in [-0.15, -0.1) is 11.8 Å². The molecule has 0 spiro atoms. The first-order valence-corrected chi connectivity index (χ1v) is 13.1. The van der Waals surface area contributed by atoms with Gasteiger partial charge >= 0.3 is 11.9 Å². The number of methoxy groups -OCH3 is 1. The third kappa shape index (κ3) is 9.65. The van der Waals surface area contributed by atoms with Crippen molar-refractivity contribution >= 4 is 23.7 Å². The molecule has 0 heterocycles. The first kappa shape index (κ1) is 28.1. The predicted octanol–water partition coefficient (Wildman–Crippen LogP) is 4.80. The van der Waals surface area contributed by atoms with E-state index in [1.165, 1.54) is 7.11 Å². The van der Waals surface area contributed by atoms with Gasteiger partial charge in [0.2, 0.25) is 0 Å². The fourth-order valence-electron chi connectivity index (χ4n) is 3.87. The van der Waals surface area contributed by atoms with E-state index in [1.807, 2.05) is 49.4 Å². The second-order valence-corrected chi connectivity index (χ2v) is 9.70. The van der Waals surface area contributed by atoms with Crippen molar-refractivity contribution in [2.45, 2.75) is 64.4 Å². The van der Waals surface area contributed by atoms with Gasteiger partial charge in [0.15, 0.2) is 0 Å². The molecule has 188 valence electrons. The quantitative estimate of drug-likeness (QED) is 0.207. The summed E-state index contributed by atoms with van der Waals surface area (Å²) in [5, 5.41) is 20.6. The van der Waals surface area contributed by atoms with Crippen LogP contribution in [0.1, 0.15) is 57.4 Å². The molecule has 6 nitrogen and oxygen atoms in total. The second kappa shape index (κ2) is 15.7. The molecule has 0 amide bonds. The molecule has 3 atom stereocenters. The number of unbranched alkanes of at least 4 members (excludes halogenated alkanes) is 2. The zero-order valence-electron chi connectivity index (χ0n) is 20.3. The molecule has 2 rings (SSSR count). The lowest BCUT2D eigenvalue weighted by molar-refractivity contribution is -0.141. The largest absolute Gasteiger partial charge is 0.469 e. The van der Waals surface area contributed by atoms with E-state index in [2.05, 4.69) is 4.74 Å². The van der Waals surface area contributed by atoms with Crippen LogP contribution in [0.3, 0.4) is 0 Å². The molecule has 1 aromatic carbocycles. The van der Waals surface area contributed by atoms with Gasteiger partial charge in [-0.05, 0) is 37.0 Å². The number of ether oxygens (including phenoxy) is 2. The molecule has 1 aromatic rings. The number of hydrogen-bond acceptors (Lipinski definition) is 7. The molecule has 0 bridgehead atoms. The number of thioether (sulfide) groups is 1. The summed E-state index contributed by atoms with van der Waals surface area (Å²) in [6.45, 7) is 1.94. The Bertz CT molecular complexity index is 820. The topological polar surface area (TPSA) is 93.1 Å². The SMILES string of the molecule is CCCC(=O)OC1=C(SCCCCCC(=O)OC)[C@@H](/C=C/C(CO)Cc2ccccc2)C(O)C1. The summed E-state index contributed by atoms with van der Waals surface area (Å²) in [7, 11) is 1.40. The van der Waals surface area contributed by atoms with Gasteiger partial charge in [0.05, 0.1) is 13.2 Å². The summed E-state index contributed by atoms with van der Waals surface area (Å²) < 4.78 is 10.3. The molecule has 34 heavy (non-hydrogen) atoms. The van der Waals surface area contributed by atoms with Crippen molar-refractivity contribution in [3.05, 3.63) is 58.7 Å². The van der Waals surface area contributed by atoms with Gasteiger partial charge in [0.1, 0.15) is 5.76 Å². The van der Waals surface area contributed by atoms with Crippen LogP contribution < -0.4 is 0 Å². The van der Waals surface area contributed by atoms with Crippen molar-refractivity contribution in [2.24, 2.45) is 11.8 Å². The maximum absolute atomic E-state index is 12.1. The molecule has 1 aliphatic carbocycles. The molecule has 0 fully saturated rings. The molecular weight excluding hydrogens is 452 g/mol. The summed E-state index contributed by atoms with van der Waals surface area (Å²) in [6, 6.07) is 10.00. The standard InChI is InChI=1S/C27H38O6S/c1-3-10-26(31)33-24-18-23(29)22(27(24)34-16-9-5-8-13-25(30)32-2)15-14-21(19-28)17-20-11-6-4-7-12-20/h4,6-7,11-12,14-15,21-23,28-29H,3,5,8-10,13,16-19H2,1-2H3/b15-14+/t21?,22-,23?/m0/s1. The minimum absolute atomic E-state index is 0.0128. The zero-order valence-corrected chi connectivity index (χ0v) is 21.1. The van der Waals surface area contributed by atoms with Crippen molar-refractivity contribution in [1.82, 2.24) is 0 Å². The summed E-state index contributed by atoms with van der Waals surface area (Å²) in [6.07, 6.45) is 8.30. The average molecular weight is 491 g/mol. The number of esters is 2. The molecule has 0 radical (unpaired) electrons. The molecule has 2 N–H and O–H groups in total. The van der Waals surface area contributed by atoms with Gasteiger partial charge in [-0.2, -0.15) is 0 Å². The highest BCUT2D eigenvalue weighted by Gasteiger charge is 2.34. The monoisotopic (exact) mass is 490 g/mol. The smallest absolute Gasteiger partial charge is 0.310 e. The Morgan fingerprint density at radius 1 is 1.15 bits per heavy atom. The van der Waals surface area contributed by atoms with E-state index in [9.17, 15) is 19.8 Å². The number of carbonyl (C=O) groups excluding carboxylic acids is 2. The van der Waals surface area contributed by atoms with Crippen molar-refractivity contribution in [3.63, 3.8) is 0 Å². The maximum Gasteiger partial charge on any atom is 0.310 e. The number of benzene rings is 1. The highest BCUT2D eigenvalue weighted by atomic mass is 32.2. The molecule has 0 aromatic heterocycles. The van der Waals surface area contributed by atoms with Crippen LogP contribution in [-0.2, 0) is 25.5 Å². The van der Waals surface area contributed by atoms with Crippen molar-refractivity contribution in [2.75, 3.05) is 19.5 Å². The third-order valence-corrected chi connectivity index (χ3v) is 7.06. The summed E-state index contributed by atoms with van der Waals surface area (Å²) in [4.78, 5) is 24.3. The first-order valence-electron chi connectivity index (χ1n) is 12.1. The Morgan fingerprint density at radius 3 is 2.59 bits per heavy atom. The zero-order chi connectivity index (χ0) is 24.8. The third-order valence-electron chi connectivity index (χ3n) is 5.75. The fraction of sp³-hybridized carbons (Fsp3) is 0.556. The van der Waals surface area contributed by atoms with Crippen LogP contribution in [0.25, 0.3) is 0 Å². The number of aliphatic hydroxyl groups excluding tert-OH is 2. The summed E-state index contributed by atoms with van der Waals surface area (Å²) >= 11 is 1.60. The normalized spacial score (nSPS) is 18.9. The molecular formula is C27H38O6S. The Morgan fingerprint density at radius 2 is 1.91 bits per heavy atom. The van der Waals surface area contributed by atoms with Crippen molar-refractivity contribution in [1.29, 1.82) is 0 Å². The minimum atomic E-state index is -0.668. The summed E-state index contributed by atoms with van der Waals surface area (Å²) in [5.41, 5.74) is 1.14. The van der Waals surface area contributed by atoms with Crippen LogP contribution in [0.5, 0.6) is 0 Å². The summed E-state index contributed by atoms with van der Waals surface area (Å²) in [5.74, 6) is 0.556. The minimum Gasteiger partial charge on any atom is -0.469 e. The lowest BCUT2D eigenvalue weighted by Crippen LogP contribution is -2.15. The highest BCUT2D eigenvalue weighted by Crippen LogP contribution is 2.41. The van der Waals surface area contributed by atoms with E-state index in [1.54, 1.807) is 11.8 Å². The van der Waals surface area contributed by atoms with E-state index in [-0.39, 0.29) is 30.4 Å². The number of rotatable bonds is 15. The Kier molecular flexibility index (Phi) is 13.0. The van der Waals surface area contributed by atoms with Gasteiger partial charge in [-0.25, -0.2) is 0 Å². The van der Waals surface area contributed by atoms with Crippen molar-refractivity contribution < 1.29 is 29.3 Å². The fourth-order valence-corrected chi connectivity index (χ4v) is 5.16. The van der Waals surface area contributed by atoms with E-state index >= 15 is 0 Å².